The number of amides is 1. The molecule has 4 heteroatoms. The van der Waals surface area contributed by atoms with E-state index in [0.29, 0.717) is 0 Å². The molecule has 1 unspecified atom stereocenters. The van der Waals surface area contributed by atoms with Crippen molar-refractivity contribution < 1.29 is 9.53 Å². The molecule has 1 aromatic carbocycles. The van der Waals surface area contributed by atoms with E-state index in [9.17, 15) is 4.79 Å². The van der Waals surface area contributed by atoms with Crippen LogP contribution < -0.4 is 5.32 Å². The molecule has 4 nitrogen and oxygen atoms in total. The van der Waals surface area contributed by atoms with Gasteiger partial charge in [0.1, 0.15) is 6.61 Å². The Balaban J connectivity index is 2.01. The molecule has 0 spiro atoms. The number of nitrogens with one attached hydrogen (secondary N) is 1. The molecule has 0 aliphatic carbocycles. The molecule has 1 saturated heterocycles. The Hall–Kier alpha value is -1.39. The quantitative estimate of drug-likeness (QED) is 0.852. The summed E-state index contributed by atoms with van der Waals surface area (Å²) >= 11 is 0. The minimum absolute atomic E-state index is 0.0833. The Kier molecular flexibility index (Phi) is 4.73. The Morgan fingerprint density at radius 3 is 2.94 bits per heavy atom. The molecule has 18 heavy (non-hydrogen) atoms. The van der Waals surface area contributed by atoms with Crippen LogP contribution in [-0.4, -0.2) is 50.2 Å². The first-order valence-corrected chi connectivity index (χ1v) is 6.34. The third-order valence-electron chi connectivity index (χ3n) is 3.25. The van der Waals surface area contributed by atoms with E-state index in [2.05, 4.69) is 17.4 Å². The predicted octanol–water partition coefficient (Wildman–Crippen LogP) is 0.676. The van der Waals surface area contributed by atoms with Gasteiger partial charge < -0.3 is 15.0 Å². The van der Waals surface area contributed by atoms with E-state index in [1.54, 1.807) is 7.11 Å². The highest BCUT2D eigenvalue weighted by molar-refractivity contribution is 5.78. The van der Waals surface area contributed by atoms with Gasteiger partial charge in [-0.3, -0.25) is 4.79 Å². The summed E-state index contributed by atoms with van der Waals surface area (Å²) in [7, 11) is 1.56. The van der Waals surface area contributed by atoms with Crippen molar-refractivity contribution in [3.8, 4) is 0 Å². The van der Waals surface area contributed by atoms with Gasteiger partial charge in [-0.05, 0) is 12.0 Å². The Labute approximate surface area is 108 Å². The smallest absolute Gasteiger partial charge is 0.248 e. The molecule has 0 saturated carbocycles. The molecule has 1 aliphatic rings. The fourth-order valence-corrected chi connectivity index (χ4v) is 2.36. The van der Waals surface area contributed by atoms with Crippen LogP contribution in [0.1, 0.15) is 5.56 Å². The van der Waals surface area contributed by atoms with Crippen molar-refractivity contribution in [2.75, 3.05) is 33.4 Å². The van der Waals surface area contributed by atoms with Crippen LogP contribution in [-0.2, 0) is 16.0 Å². The average molecular weight is 248 g/mol. The highest BCUT2D eigenvalue weighted by Gasteiger charge is 2.26. The van der Waals surface area contributed by atoms with Crippen LogP contribution in [0.15, 0.2) is 30.3 Å². The lowest BCUT2D eigenvalue weighted by molar-refractivity contribution is -0.138. The van der Waals surface area contributed by atoms with Crippen molar-refractivity contribution in [3.05, 3.63) is 35.9 Å². The fourth-order valence-electron chi connectivity index (χ4n) is 2.36. The van der Waals surface area contributed by atoms with Gasteiger partial charge in [0.05, 0.1) is 0 Å². The van der Waals surface area contributed by atoms with E-state index >= 15 is 0 Å². The first-order chi connectivity index (χ1) is 8.81. The third-order valence-corrected chi connectivity index (χ3v) is 3.25. The van der Waals surface area contributed by atoms with Gasteiger partial charge in [-0.15, -0.1) is 0 Å². The summed E-state index contributed by atoms with van der Waals surface area (Å²) in [5, 5.41) is 3.35. The fraction of sp³-hybridized carbons (Fsp3) is 0.500. The van der Waals surface area contributed by atoms with E-state index in [4.69, 9.17) is 4.74 Å². The molecule has 0 radical (unpaired) electrons. The van der Waals surface area contributed by atoms with Crippen molar-refractivity contribution >= 4 is 5.91 Å². The number of carbonyl (C=O) groups is 1. The first-order valence-electron chi connectivity index (χ1n) is 6.34. The van der Waals surface area contributed by atoms with Gasteiger partial charge in [0.25, 0.3) is 0 Å². The zero-order valence-corrected chi connectivity index (χ0v) is 10.8. The number of piperazine rings is 1. The molecule has 1 aromatic rings. The van der Waals surface area contributed by atoms with Crippen LogP contribution in [0.2, 0.25) is 0 Å². The zero-order chi connectivity index (χ0) is 12.8. The van der Waals surface area contributed by atoms with E-state index < -0.39 is 0 Å². The van der Waals surface area contributed by atoms with Crippen molar-refractivity contribution in [3.63, 3.8) is 0 Å². The first kappa shape index (κ1) is 13.1. The molecule has 1 N–H and O–H groups in total. The Bertz CT molecular complexity index is 381. The van der Waals surface area contributed by atoms with Gasteiger partial charge in [0.15, 0.2) is 0 Å². The van der Waals surface area contributed by atoms with Gasteiger partial charge in [-0.1, -0.05) is 30.3 Å². The molecule has 0 aromatic heterocycles. The highest BCUT2D eigenvalue weighted by atomic mass is 16.5. The summed E-state index contributed by atoms with van der Waals surface area (Å²) in [5.41, 5.74) is 1.27. The van der Waals surface area contributed by atoms with Gasteiger partial charge in [0, 0.05) is 32.8 Å². The maximum absolute atomic E-state index is 12.0. The molecule has 1 fully saturated rings. The van der Waals surface area contributed by atoms with Crippen LogP contribution in [0.4, 0.5) is 0 Å². The number of hydrogen-bond acceptors (Lipinski definition) is 3. The van der Waals surface area contributed by atoms with Crippen LogP contribution in [0.25, 0.3) is 0 Å². The topological polar surface area (TPSA) is 41.6 Å². The number of ether oxygens (including phenoxy) is 1. The standard InChI is InChI=1S/C14H20N2O2/c1-18-11-14(17)16-8-7-15-10-13(16)9-12-5-3-2-4-6-12/h2-6,13,15H,7-11H2,1H3. The molecular formula is C14H20N2O2. The molecule has 1 heterocycles. The summed E-state index contributed by atoms with van der Waals surface area (Å²) < 4.78 is 4.94. The van der Waals surface area contributed by atoms with Crippen molar-refractivity contribution in [2.45, 2.75) is 12.5 Å². The second-order valence-electron chi connectivity index (χ2n) is 4.57. The highest BCUT2D eigenvalue weighted by Crippen LogP contribution is 2.11. The largest absolute Gasteiger partial charge is 0.375 e. The second-order valence-corrected chi connectivity index (χ2v) is 4.57. The maximum Gasteiger partial charge on any atom is 0.248 e. The van der Waals surface area contributed by atoms with Gasteiger partial charge in [-0.25, -0.2) is 0 Å². The summed E-state index contributed by atoms with van der Waals surface area (Å²) in [6.07, 6.45) is 0.892. The Morgan fingerprint density at radius 2 is 2.22 bits per heavy atom. The second kappa shape index (κ2) is 6.52. The SMILES string of the molecule is COCC(=O)N1CCNCC1Cc1ccccc1. The normalized spacial score (nSPS) is 19.8. The van der Waals surface area contributed by atoms with Crippen LogP contribution in [0.5, 0.6) is 0 Å². The number of methoxy groups -OCH3 is 1. The van der Waals surface area contributed by atoms with Crippen molar-refractivity contribution in [1.29, 1.82) is 0 Å². The maximum atomic E-state index is 12.0. The number of hydrogen-bond donors (Lipinski definition) is 1. The summed E-state index contributed by atoms with van der Waals surface area (Å²) in [5.74, 6) is 0.0833. The van der Waals surface area contributed by atoms with E-state index in [0.717, 1.165) is 26.1 Å². The lowest BCUT2D eigenvalue weighted by Crippen LogP contribution is -2.55. The van der Waals surface area contributed by atoms with E-state index in [1.165, 1.54) is 5.56 Å². The number of nitrogens with zero attached hydrogens (tertiary/aromatic N) is 1. The molecular weight excluding hydrogens is 228 g/mol. The minimum atomic E-state index is 0.0833. The molecule has 1 atom stereocenters. The third kappa shape index (κ3) is 3.31. The van der Waals surface area contributed by atoms with Crippen molar-refractivity contribution in [2.24, 2.45) is 0 Å². The molecule has 1 aliphatic heterocycles. The summed E-state index contributed by atoms with van der Waals surface area (Å²) in [6, 6.07) is 10.5. The van der Waals surface area contributed by atoms with Gasteiger partial charge in [-0.2, -0.15) is 0 Å². The average Bonchev–Trinajstić information content (AvgIpc) is 2.41. The van der Waals surface area contributed by atoms with Crippen LogP contribution >= 0.6 is 0 Å². The van der Waals surface area contributed by atoms with Gasteiger partial charge in [0.2, 0.25) is 5.91 Å². The zero-order valence-electron chi connectivity index (χ0n) is 10.8. The van der Waals surface area contributed by atoms with Crippen molar-refractivity contribution in [1.82, 2.24) is 10.2 Å². The lowest BCUT2D eigenvalue weighted by Gasteiger charge is -2.36. The molecule has 1 amide bonds. The number of carbonyl (C=O) groups excluding carboxylic acids is 1. The predicted molar refractivity (Wildman–Crippen MR) is 70.4 cm³/mol. The van der Waals surface area contributed by atoms with Gasteiger partial charge >= 0.3 is 0 Å². The molecule has 98 valence electrons. The lowest BCUT2D eigenvalue weighted by atomic mass is 10.0. The number of benzene rings is 1. The minimum Gasteiger partial charge on any atom is -0.375 e. The Morgan fingerprint density at radius 1 is 1.44 bits per heavy atom. The molecule has 2 rings (SSSR count). The number of rotatable bonds is 4. The van der Waals surface area contributed by atoms with E-state index in [1.807, 2.05) is 23.1 Å². The van der Waals surface area contributed by atoms with E-state index in [-0.39, 0.29) is 18.6 Å². The monoisotopic (exact) mass is 248 g/mol. The van der Waals surface area contributed by atoms with Crippen LogP contribution in [0.3, 0.4) is 0 Å². The summed E-state index contributed by atoms with van der Waals surface area (Å²) in [6.45, 7) is 2.65. The summed E-state index contributed by atoms with van der Waals surface area (Å²) in [4.78, 5) is 13.9. The molecule has 0 bridgehead atoms. The van der Waals surface area contributed by atoms with Crippen LogP contribution in [0, 0.1) is 0 Å².